The maximum Gasteiger partial charge on any atom is 0.148 e. The maximum atomic E-state index is 14.7. The van der Waals surface area contributed by atoms with Crippen LogP contribution in [0.3, 0.4) is 0 Å². The van der Waals surface area contributed by atoms with E-state index in [9.17, 15) is 19.0 Å². The van der Waals surface area contributed by atoms with Crippen molar-refractivity contribution in [1.82, 2.24) is 4.57 Å². The van der Waals surface area contributed by atoms with Crippen LogP contribution in [0.15, 0.2) is 53.0 Å². The van der Waals surface area contributed by atoms with E-state index in [1.165, 1.54) is 41.0 Å². The monoisotopic (exact) mass is 389 g/mol. The van der Waals surface area contributed by atoms with Crippen molar-refractivity contribution in [3.05, 3.63) is 64.6 Å². The van der Waals surface area contributed by atoms with Crippen molar-refractivity contribution in [2.75, 3.05) is 0 Å². The molecule has 1 aromatic heterocycles. The number of aromatic hydroxyl groups is 2. The lowest BCUT2D eigenvalue weighted by Gasteiger charge is -2.12. The fraction of sp³-hybridized carbons (Fsp3) is 0. The van der Waals surface area contributed by atoms with Crippen LogP contribution in [0.5, 0.6) is 11.5 Å². The first kappa shape index (κ1) is 15.0. The average Bonchev–Trinajstić information content (AvgIpc) is 2.83. The van der Waals surface area contributed by atoms with Gasteiger partial charge in [0.05, 0.1) is 11.0 Å². The summed E-state index contributed by atoms with van der Waals surface area (Å²) in [5.41, 5.74) is 0.0974. The van der Waals surface area contributed by atoms with Gasteiger partial charge in [0.2, 0.25) is 0 Å². The Hall–Kier alpha value is -2.60. The van der Waals surface area contributed by atoms with E-state index in [2.05, 4.69) is 15.9 Å². The molecule has 0 aliphatic carbocycles. The zero-order valence-corrected chi connectivity index (χ0v) is 13.7. The smallest absolute Gasteiger partial charge is 0.148 e. The third kappa shape index (κ3) is 1.99. The van der Waals surface area contributed by atoms with Gasteiger partial charge in [-0.05, 0) is 30.3 Å². The molecule has 0 aliphatic heterocycles. The molecule has 3 nitrogen and oxygen atoms in total. The average molecular weight is 390 g/mol. The Morgan fingerprint density at radius 3 is 2.12 bits per heavy atom. The molecule has 0 saturated heterocycles. The highest BCUT2D eigenvalue weighted by atomic mass is 79.9. The molecule has 4 rings (SSSR count). The fourth-order valence-corrected chi connectivity index (χ4v) is 3.47. The summed E-state index contributed by atoms with van der Waals surface area (Å²) in [6.45, 7) is 0. The van der Waals surface area contributed by atoms with Crippen molar-refractivity contribution >= 4 is 37.7 Å². The van der Waals surface area contributed by atoms with Crippen LogP contribution < -0.4 is 0 Å². The molecule has 120 valence electrons. The summed E-state index contributed by atoms with van der Waals surface area (Å²) in [5, 5.41) is 21.3. The molecule has 0 spiro atoms. The summed E-state index contributed by atoms with van der Waals surface area (Å²) in [5.74, 6) is -1.74. The van der Waals surface area contributed by atoms with Crippen LogP contribution in [0, 0.1) is 11.6 Å². The van der Waals surface area contributed by atoms with Crippen molar-refractivity contribution in [3.8, 4) is 17.2 Å². The first-order valence-corrected chi connectivity index (χ1v) is 7.87. The number of rotatable bonds is 1. The van der Waals surface area contributed by atoms with Crippen LogP contribution in [0.1, 0.15) is 0 Å². The fourth-order valence-electron chi connectivity index (χ4n) is 3.04. The Labute approximate surface area is 143 Å². The second kappa shape index (κ2) is 5.21. The van der Waals surface area contributed by atoms with Gasteiger partial charge in [-0.1, -0.05) is 34.1 Å². The standard InChI is InChI=1S/C18H10BrF2NO2/c19-9-7-11-10-3-1-4-12(20)16(10)22(17(11)13(21)8-9)18-14(23)5-2-6-15(18)24/h1-8,23-24H. The lowest BCUT2D eigenvalue weighted by atomic mass is 10.1. The molecule has 2 N–H and O–H groups in total. The molecule has 0 amide bonds. The van der Waals surface area contributed by atoms with Gasteiger partial charge in [0.1, 0.15) is 28.8 Å². The van der Waals surface area contributed by atoms with E-state index in [-0.39, 0.29) is 28.2 Å². The molecule has 0 radical (unpaired) electrons. The SMILES string of the molecule is Oc1cccc(O)c1-n1c2c(F)cccc2c2cc(Br)cc(F)c21. The van der Waals surface area contributed by atoms with Crippen LogP contribution in [-0.2, 0) is 0 Å². The van der Waals surface area contributed by atoms with Gasteiger partial charge >= 0.3 is 0 Å². The van der Waals surface area contributed by atoms with E-state index in [4.69, 9.17) is 0 Å². The van der Waals surface area contributed by atoms with Gasteiger partial charge in [-0.25, -0.2) is 8.78 Å². The van der Waals surface area contributed by atoms with Crippen molar-refractivity contribution in [2.24, 2.45) is 0 Å². The quantitative estimate of drug-likeness (QED) is 0.467. The minimum absolute atomic E-state index is 0.0659. The third-order valence-electron chi connectivity index (χ3n) is 3.97. The lowest BCUT2D eigenvalue weighted by molar-refractivity contribution is 0.446. The molecule has 0 aliphatic rings. The van der Waals surface area contributed by atoms with E-state index in [0.29, 0.717) is 15.2 Å². The second-order valence-corrected chi connectivity index (χ2v) is 6.32. The van der Waals surface area contributed by atoms with E-state index < -0.39 is 11.6 Å². The molecule has 0 saturated carbocycles. The molecule has 3 aromatic carbocycles. The van der Waals surface area contributed by atoms with E-state index in [0.717, 1.165) is 0 Å². The van der Waals surface area contributed by atoms with Gasteiger partial charge in [0.15, 0.2) is 0 Å². The molecule has 0 fully saturated rings. The molecule has 24 heavy (non-hydrogen) atoms. The normalized spacial score (nSPS) is 11.5. The Balaban J connectivity index is 2.34. The zero-order chi connectivity index (χ0) is 17.0. The summed E-state index contributed by atoms with van der Waals surface area (Å²) in [4.78, 5) is 0. The molecule has 0 unspecified atom stereocenters. The van der Waals surface area contributed by atoms with Crippen molar-refractivity contribution < 1.29 is 19.0 Å². The number of benzene rings is 3. The number of phenols is 2. The summed E-state index contributed by atoms with van der Waals surface area (Å²) < 4.78 is 31.0. The number of para-hydroxylation sites is 2. The number of halogens is 3. The molecule has 0 bridgehead atoms. The molecular weight excluding hydrogens is 380 g/mol. The maximum absolute atomic E-state index is 14.7. The van der Waals surface area contributed by atoms with Crippen molar-refractivity contribution in [3.63, 3.8) is 0 Å². The topological polar surface area (TPSA) is 45.4 Å². The van der Waals surface area contributed by atoms with Gasteiger partial charge in [0.25, 0.3) is 0 Å². The predicted octanol–water partition coefficient (Wildman–Crippen LogP) is 5.24. The first-order valence-electron chi connectivity index (χ1n) is 7.08. The predicted molar refractivity (Wildman–Crippen MR) is 91.7 cm³/mol. The summed E-state index contributed by atoms with van der Waals surface area (Å²) in [6.07, 6.45) is 0. The van der Waals surface area contributed by atoms with Gasteiger partial charge < -0.3 is 10.2 Å². The summed E-state index contributed by atoms with van der Waals surface area (Å²) >= 11 is 3.24. The Kier molecular flexibility index (Phi) is 3.25. The highest BCUT2D eigenvalue weighted by Gasteiger charge is 2.22. The number of aromatic nitrogens is 1. The molecular formula is C18H10BrF2NO2. The van der Waals surface area contributed by atoms with E-state index in [1.807, 2.05) is 0 Å². The Morgan fingerprint density at radius 1 is 0.792 bits per heavy atom. The number of hydrogen-bond acceptors (Lipinski definition) is 2. The van der Waals surface area contributed by atoms with Crippen molar-refractivity contribution in [1.29, 1.82) is 0 Å². The molecule has 4 aromatic rings. The van der Waals surface area contributed by atoms with Gasteiger partial charge in [-0.3, -0.25) is 4.57 Å². The minimum atomic E-state index is -0.599. The summed E-state index contributed by atoms with van der Waals surface area (Å²) in [6, 6.07) is 11.5. The highest BCUT2D eigenvalue weighted by molar-refractivity contribution is 9.10. The van der Waals surface area contributed by atoms with Crippen LogP contribution in [-0.4, -0.2) is 14.8 Å². The molecule has 6 heteroatoms. The Bertz CT molecular complexity index is 1100. The van der Waals surface area contributed by atoms with Crippen LogP contribution in [0.4, 0.5) is 8.78 Å². The minimum Gasteiger partial charge on any atom is -0.506 e. The van der Waals surface area contributed by atoms with Crippen LogP contribution >= 0.6 is 15.9 Å². The first-order chi connectivity index (χ1) is 11.5. The Morgan fingerprint density at radius 2 is 1.42 bits per heavy atom. The number of fused-ring (bicyclic) bond motifs is 3. The largest absolute Gasteiger partial charge is 0.506 e. The molecule has 1 heterocycles. The van der Waals surface area contributed by atoms with Crippen LogP contribution in [0.25, 0.3) is 27.5 Å². The number of nitrogens with zero attached hydrogens (tertiary/aromatic N) is 1. The zero-order valence-electron chi connectivity index (χ0n) is 12.1. The summed E-state index contributed by atoms with van der Waals surface area (Å²) in [7, 11) is 0. The van der Waals surface area contributed by atoms with Crippen LogP contribution in [0.2, 0.25) is 0 Å². The van der Waals surface area contributed by atoms with Gasteiger partial charge in [-0.2, -0.15) is 0 Å². The lowest BCUT2D eigenvalue weighted by Crippen LogP contribution is -1.98. The second-order valence-electron chi connectivity index (χ2n) is 5.40. The number of hydrogen-bond donors (Lipinski definition) is 2. The highest BCUT2D eigenvalue weighted by Crippen LogP contribution is 2.41. The van der Waals surface area contributed by atoms with E-state index in [1.54, 1.807) is 12.1 Å². The van der Waals surface area contributed by atoms with Gasteiger partial charge in [-0.15, -0.1) is 0 Å². The van der Waals surface area contributed by atoms with E-state index >= 15 is 0 Å². The van der Waals surface area contributed by atoms with Gasteiger partial charge in [0, 0.05) is 15.2 Å². The third-order valence-corrected chi connectivity index (χ3v) is 4.43. The molecule has 0 atom stereocenters. The van der Waals surface area contributed by atoms with Crippen molar-refractivity contribution in [2.45, 2.75) is 0 Å². The number of phenolic OH excluding ortho intramolecular Hbond substituents is 2.